The predicted octanol–water partition coefficient (Wildman–Crippen LogP) is 3.50. The van der Waals surface area contributed by atoms with Crippen molar-refractivity contribution in [1.29, 1.82) is 0 Å². The zero-order chi connectivity index (χ0) is 26.8. The van der Waals surface area contributed by atoms with Crippen LogP contribution >= 0.6 is 0 Å². The lowest BCUT2D eigenvalue weighted by atomic mass is 9.97. The molecule has 1 aromatic carbocycles. The van der Waals surface area contributed by atoms with E-state index in [2.05, 4.69) is 0 Å². The number of hydrogen-bond donors (Lipinski definition) is 0. The number of benzene rings is 1. The SMILES string of the molecule is CC(=O)O[C@@H]1[C@@H](OC(C)=O)[C@H](C)O[C@H](n2cc(/C=C/C(=O)C(F)(F)F)c3ccccc32)[C@@H]1OC(C)=O. The molecule has 2 aromatic rings. The molecule has 1 fully saturated rings. The fourth-order valence-corrected chi connectivity index (χ4v) is 4.05. The lowest BCUT2D eigenvalue weighted by Crippen LogP contribution is -2.58. The summed E-state index contributed by atoms with van der Waals surface area (Å²) in [4.78, 5) is 46.9. The third kappa shape index (κ3) is 5.93. The number of alkyl halides is 3. The Morgan fingerprint density at radius 2 is 1.47 bits per heavy atom. The van der Waals surface area contributed by atoms with Crippen LogP contribution in [0.15, 0.2) is 36.5 Å². The first kappa shape index (κ1) is 26.9. The van der Waals surface area contributed by atoms with Gasteiger partial charge in [0.2, 0.25) is 0 Å². The van der Waals surface area contributed by atoms with Crippen molar-refractivity contribution in [3.05, 3.63) is 42.1 Å². The minimum Gasteiger partial charge on any atom is -0.456 e. The van der Waals surface area contributed by atoms with Crippen molar-refractivity contribution in [2.75, 3.05) is 0 Å². The summed E-state index contributed by atoms with van der Waals surface area (Å²) >= 11 is 0. The van der Waals surface area contributed by atoms with E-state index in [1.54, 1.807) is 31.2 Å². The van der Waals surface area contributed by atoms with E-state index in [0.29, 0.717) is 17.0 Å². The monoisotopic (exact) mass is 511 g/mol. The van der Waals surface area contributed by atoms with Gasteiger partial charge in [-0.1, -0.05) is 18.2 Å². The van der Waals surface area contributed by atoms with Gasteiger partial charge in [-0.2, -0.15) is 13.2 Å². The summed E-state index contributed by atoms with van der Waals surface area (Å²) in [5, 5.41) is 0.479. The molecule has 36 heavy (non-hydrogen) atoms. The number of ether oxygens (including phenoxy) is 4. The van der Waals surface area contributed by atoms with Gasteiger partial charge in [-0.25, -0.2) is 0 Å². The van der Waals surface area contributed by atoms with Gasteiger partial charge >= 0.3 is 24.1 Å². The lowest BCUT2D eigenvalue weighted by Gasteiger charge is -2.44. The molecule has 1 aliphatic rings. The number of rotatable bonds is 6. The number of carbonyl (C=O) groups excluding carboxylic acids is 4. The standard InChI is InChI=1S/C24H24F3NO8/c1-12-20(34-13(2)29)21(35-14(3)30)22(36-15(4)31)23(33-12)28-11-16(9-10-19(32)24(25,26)27)17-7-5-6-8-18(17)28/h5-12,20-23H,1-4H3/b10-9+/t12-,20-,21+,22+,23-/m0/s1. The van der Waals surface area contributed by atoms with Crippen molar-refractivity contribution in [2.24, 2.45) is 0 Å². The average Bonchev–Trinajstić information content (AvgIpc) is 3.13. The van der Waals surface area contributed by atoms with Crippen LogP contribution in [0.4, 0.5) is 13.2 Å². The highest BCUT2D eigenvalue weighted by atomic mass is 19.4. The second-order valence-corrected chi connectivity index (χ2v) is 8.16. The van der Waals surface area contributed by atoms with Crippen molar-refractivity contribution < 1.29 is 51.3 Å². The molecule has 3 rings (SSSR count). The van der Waals surface area contributed by atoms with E-state index in [9.17, 15) is 32.3 Å². The van der Waals surface area contributed by atoms with Gasteiger partial charge in [0.05, 0.1) is 11.6 Å². The third-order valence-corrected chi connectivity index (χ3v) is 5.39. The number of para-hydroxylation sites is 1. The van der Waals surface area contributed by atoms with Crippen molar-refractivity contribution >= 4 is 40.7 Å². The molecule has 0 amide bonds. The summed E-state index contributed by atoms with van der Waals surface area (Å²) in [6.07, 6.45) is -7.81. The van der Waals surface area contributed by atoms with Crippen molar-refractivity contribution in [3.63, 3.8) is 0 Å². The minimum absolute atomic E-state index is 0.257. The summed E-state index contributed by atoms with van der Waals surface area (Å²) in [5.41, 5.74) is 0.727. The molecule has 1 saturated heterocycles. The maximum atomic E-state index is 12.7. The summed E-state index contributed by atoms with van der Waals surface area (Å²) in [7, 11) is 0. The van der Waals surface area contributed by atoms with Crippen LogP contribution in [0, 0.1) is 0 Å². The number of ketones is 1. The molecule has 0 aliphatic carbocycles. The number of allylic oxidation sites excluding steroid dienone is 1. The van der Waals surface area contributed by atoms with Crippen LogP contribution in [-0.4, -0.2) is 58.9 Å². The number of esters is 3. The fraction of sp³-hybridized carbons (Fsp3) is 0.417. The van der Waals surface area contributed by atoms with E-state index in [1.807, 2.05) is 0 Å². The molecular weight excluding hydrogens is 487 g/mol. The summed E-state index contributed by atoms with van der Waals surface area (Å²) < 4.78 is 61.8. The number of halogens is 3. The molecule has 0 saturated carbocycles. The van der Waals surface area contributed by atoms with Crippen LogP contribution in [0.25, 0.3) is 17.0 Å². The molecule has 1 aliphatic heterocycles. The largest absolute Gasteiger partial charge is 0.456 e. The van der Waals surface area contributed by atoms with Crippen molar-refractivity contribution in [2.45, 2.75) is 64.5 Å². The highest BCUT2D eigenvalue weighted by Gasteiger charge is 2.51. The number of hydrogen-bond acceptors (Lipinski definition) is 8. The van der Waals surface area contributed by atoms with Crippen LogP contribution in [-0.2, 0) is 38.1 Å². The smallest absolute Gasteiger partial charge is 0.454 e. The van der Waals surface area contributed by atoms with Crippen LogP contribution < -0.4 is 0 Å². The Labute approximate surface area is 203 Å². The third-order valence-electron chi connectivity index (χ3n) is 5.39. The van der Waals surface area contributed by atoms with Gasteiger partial charge in [-0.3, -0.25) is 19.2 Å². The van der Waals surface area contributed by atoms with Gasteiger partial charge in [0.1, 0.15) is 0 Å². The highest BCUT2D eigenvalue weighted by molar-refractivity contribution is 6.00. The van der Waals surface area contributed by atoms with Gasteiger partial charge < -0.3 is 23.5 Å². The number of carbonyl (C=O) groups is 4. The summed E-state index contributed by atoms with van der Waals surface area (Å²) in [6.45, 7) is 4.99. The van der Waals surface area contributed by atoms with E-state index < -0.39 is 60.5 Å². The number of aromatic nitrogens is 1. The number of fused-ring (bicyclic) bond motifs is 1. The minimum atomic E-state index is -5.03. The molecule has 0 N–H and O–H groups in total. The van der Waals surface area contributed by atoms with Crippen molar-refractivity contribution in [1.82, 2.24) is 4.57 Å². The van der Waals surface area contributed by atoms with E-state index >= 15 is 0 Å². The zero-order valence-corrected chi connectivity index (χ0v) is 19.8. The molecule has 0 bridgehead atoms. The molecule has 194 valence electrons. The quantitative estimate of drug-likeness (QED) is 0.329. The second-order valence-electron chi connectivity index (χ2n) is 8.16. The number of nitrogens with zero attached hydrogens (tertiary/aromatic N) is 1. The first-order chi connectivity index (χ1) is 16.8. The van der Waals surface area contributed by atoms with E-state index in [-0.39, 0.29) is 5.56 Å². The molecule has 5 atom stereocenters. The van der Waals surface area contributed by atoms with Gasteiger partial charge in [-0.15, -0.1) is 0 Å². The Morgan fingerprint density at radius 3 is 2.06 bits per heavy atom. The van der Waals surface area contributed by atoms with Crippen LogP contribution in [0.1, 0.15) is 39.5 Å². The maximum absolute atomic E-state index is 12.7. The van der Waals surface area contributed by atoms with Crippen LogP contribution in [0.3, 0.4) is 0 Å². The van der Waals surface area contributed by atoms with Crippen LogP contribution in [0.5, 0.6) is 0 Å². The van der Waals surface area contributed by atoms with Crippen LogP contribution in [0.2, 0.25) is 0 Å². The normalized spacial score (nSPS) is 24.5. The van der Waals surface area contributed by atoms with E-state index in [4.69, 9.17) is 18.9 Å². The molecule has 0 spiro atoms. The summed E-state index contributed by atoms with van der Waals surface area (Å²) in [5.74, 6) is -4.18. The van der Waals surface area contributed by atoms with E-state index in [1.165, 1.54) is 10.8 Å². The second kappa shape index (κ2) is 10.5. The van der Waals surface area contributed by atoms with E-state index in [0.717, 1.165) is 26.8 Å². The fourth-order valence-electron chi connectivity index (χ4n) is 4.05. The molecular formula is C24H24F3NO8. The highest BCUT2D eigenvalue weighted by Crippen LogP contribution is 2.37. The zero-order valence-electron chi connectivity index (χ0n) is 19.8. The van der Waals surface area contributed by atoms with Gasteiger partial charge in [0, 0.05) is 37.9 Å². The Kier molecular flexibility index (Phi) is 7.87. The molecule has 9 nitrogen and oxygen atoms in total. The van der Waals surface area contributed by atoms with Gasteiger partial charge in [0.15, 0.2) is 24.5 Å². The van der Waals surface area contributed by atoms with Crippen molar-refractivity contribution in [3.8, 4) is 0 Å². The Morgan fingerprint density at radius 1 is 0.917 bits per heavy atom. The molecule has 0 unspecified atom stereocenters. The Hall–Kier alpha value is -3.67. The lowest BCUT2D eigenvalue weighted by molar-refractivity contribution is -0.258. The van der Waals surface area contributed by atoms with Gasteiger partial charge in [-0.05, 0) is 25.1 Å². The first-order valence-corrected chi connectivity index (χ1v) is 10.9. The predicted molar refractivity (Wildman–Crippen MR) is 118 cm³/mol. The maximum Gasteiger partial charge on any atom is 0.454 e. The molecule has 1 aromatic heterocycles. The Balaban J connectivity index is 2.13. The first-order valence-electron chi connectivity index (χ1n) is 10.9. The molecule has 12 heteroatoms. The topological polar surface area (TPSA) is 110 Å². The average molecular weight is 511 g/mol. The molecule has 0 radical (unpaired) electrons. The summed E-state index contributed by atoms with van der Waals surface area (Å²) in [6, 6.07) is 6.60. The molecule has 2 heterocycles. The van der Waals surface area contributed by atoms with Gasteiger partial charge in [0.25, 0.3) is 5.78 Å². The Bertz CT molecular complexity index is 1200.